The fourth-order valence-corrected chi connectivity index (χ4v) is 3.98. The van der Waals surface area contributed by atoms with Crippen LogP contribution in [-0.2, 0) is 14.3 Å². The zero-order valence-electron chi connectivity index (χ0n) is 13.3. The van der Waals surface area contributed by atoms with E-state index in [0.29, 0.717) is 6.42 Å². The lowest BCUT2D eigenvalue weighted by Crippen LogP contribution is -2.62. The summed E-state index contributed by atoms with van der Waals surface area (Å²) < 4.78 is 5.39. The molecule has 2 fully saturated rings. The molecule has 2 saturated carbocycles. The molecule has 0 aromatic heterocycles. The SMILES string of the molecule is COC1CC(NC(=O)CC2(CC(=O)O)CCCC2)C1(C)C. The Balaban J connectivity index is 1.90. The number of nitrogens with one attached hydrogen (secondary N) is 1. The second-order valence-corrected chi connectivity index (χ2v) is 7.36. The molecule has 0 bridgehead atoms. The summed E-state index contributed by atoms with van der Waals surface area (Å²) >= 11 is 0. The molecule has 0 radical (unpaired) electrons. The molecular weight excluding hydrogens is 270 g/mol. The van der Waals surface area contributed by atoms with E-state index in [9.17, 15) is 9.59 Å². The summed E-state index contributed by atoms with van der Waals surface area (Å²) in [6.07, 6.45) is 5.22. The second-order valence-electron chi connectivity index (χ2n) is 7.36. The fourth-order valence-electron chi connectivity index (χ4n) is 3.98. The smallest absolute Gasteiger partial charge is 0.303 e. The molecule has 2 atom stereocenters. The van der Waals surface area contributed by atoms with Crippen molar-refractivity contribution in [1.82, 2.24) is 5.32 Å². The molecule has 2 rings (SSSR count). The zero-order valence-corrected chi connectivity index (χ0v) is 13.3. The van der Waals surface area contributed by atoms with Gasteiger partial charge in [-0.1, -0.05) is 26.7 Å². The van der Waals surface area contributed by atoms with Gasteiger partial charge in [-0.3, -0.25) is 9.59 Å². The summed E-state index contributed by atoms with van der Waals surface area (Å²) in [7, 11) is 1.70. The van der Waals surface area contributed by atoms with Gasteiger partial charge in [-0.05, 0) is 24.7 Å². The Morgan fingerprint density at radius 1 is 1.24 bits per heavy atom. The van der Waals surface area contributed by atoms with E-state index in [1.165, 1.54) is 0 Å². The largest absolute Gasteiger partial charge is 0.481 e. The summed E-state index contributed by atoms with van der Waals surface area (Å²) in [4.78, 5) is 23.4. The standard InChI is InChI=1S/C16H27NO4/c1-15(2)11(8-12(15)21-3)17-13(18)9-16(10-14(19)20)6-4-5-7-16/h11-12H,4-10H2,1-3H3,(H,17,18)(H,19,20). The topological polar surface area (TPSA) is 75.6 Å². The van der Waals surface area contributed by atoms with E-state index in [2.05, 4.69) is 19.2 Å². The van der Waals surface area contributed by atoms with Crippen LogP contribution in [0.1, 0.15) is 58.8 Å². The van der Waals surface area contributed by atoms with Crippen molar-refractivity contribution in [3.63, 3.8) is 0 Å². The predicted octanol–water partition coefficient (Wildman–Crippen LogP) is 2.34. The maximum Gasteiger partial charge on any atom is 0.303 e. The molecule has 2 N–H and O–H groups in total. The van der Waals surface area contributed by atoms with Crippen LogP contribution in [0.15, 0.2) is 0 Å². The Labute approximate surface area is 126 Å². The van der Waals surface area contributed by atoms with Crippen LogP contribution in [0.2, 0.25) is 0 Å². The average Bonchev–Trinajstić information content (AvgIpc) is 2.81. The zero-order chi connectivity index (χ0) is 15.7. The van der Waals surface area contributed by atoms with Gasteiger partial charge in [0.25, 0.3) is 0 Å². The minimum absolute atomic E-state index is 0.00854. The summed E-state index contributed by atoms with van der Waals surface area (Å²) in [5.41, 5.74) is -0.384. The first-order valence-corrected chi connectivity index (χ1v) is 7.83. The molecular formula is C16H27NO4. The number of amides is 1. The van der Waals surface area contributed by atoms with Crippen molar-refractivity contribution in [2.45, 2.75) is 70.9 Å². The van der Waals surface area contributed by atoms with Crippen molar-refractivity contribution >= 4 is 11.9 Å². The number of hydrogen-bond acceptors (Lipinski definition) is 3. The molecule has 0 saturated heterocycles. The predicted molar refractivity (Wildman–Crippen MR) is 78.9 cm³/mol. The Hall–Kier alpha value is -1.10. The normalized spacial score (nSPS) is 29.7. The van der Waals surface area contributed by atoms with Gasteiger partial charge in [-0.15, -0.1) is 0 Å². The lowest BCUT2D eigenvalue weighted by atomic mass is 9.64. The minimum atomic E-state index is -0.798. The van der Waals surface area contributed by atoms with E-state index >= 15 is 0 Å². The lowest BCUT2D eigenvalue weighted by molar-refractivity contribution is -0.141. The van der Waals surface area contributed by atoms with E-state index in [1.54, 1.807) is 7.11 Å². The minimum Gasteiger partial charge on any atom is -0.481 e. The van der Waals surface area contributed by atoms with Crippen LogP contribution in [0.3, 0.4) is 0 Å². The molecule has 2 aliphatic rings. The van der Waals surface area contributed by atoms with Crippen LogP contribution in [0.25, 0.3) is 0 Å². The highest BCUT2D eigenvalue weighted by atomic mass is 16.5. The van der Waals surface area contributed by atoms with Crippen molar-refractivity contribution in [1.29, 1.82) is 0 Å². The third-order valence-electron chi connectivity index (χ3n) is 5.52. The number of carbonyl (C=O) groups excluding carboxylic acids is 1. The molecule has 21 heavy (non-hydrogen) atoms. The van der Waals surface area contributed by atoms with Crippen LogP contribution in [-0.4, -0.2) is 36.2 Å². The number of methoxy groups -OCH3 is 1. The van der Waals surface area contributed by atoms with Gasteiger partial charge in [-0.25, -0.2) is 0 Å². The molecule has 2 unspecified atom stereocenters. The molecule has 1 amide bonds. The molecule has 2 aliphatic carbocycles. The molecule has 120 valence electrons. The molecule has 0 heterocycles. The van der Waals surface area contributed by atoms with E-state index < -0.39 is 5.97 Å². The maximum absolute atomic E-state index is 12.3. The summed E-state index contributed by atoms with van der Waals surface area (Å²) in [6, 6.07) is 0.123. The Bertz CT molecular complexity index is 413. The first-order valence-electron chi connectivity index (χ1n) is 7.83. The molecule has 0 aromatic carbocycles. The van der Waals surface area contributed by atoms with Crippen LogP contribution < -0.4 is 5.32 Å². The van der Waals surface area contributed by atoms with Gasteiger partial charge in [0.15, 0.2) is 0 Å². The van der Waals surface area contributed by atoms with Crippen LogP contribution in [0.4, 0.5) is 0 Å². The van der Waals surface area contributed by atoms with Gasteiger partial charge in [0.1, 0.15) is 0 Å². The third-order valence-corrected chi connectivity index (χ3v) is 5.52. The monoisotopic (exact) mass is 297 g/mol. The Morgan fingerprint density at radius 3 is 2.33 bits per heavy atom. The van der Waals surface area contributed by atoms with Gasteiger partial charge in [0.05, 0.1) is 12.5 Å². The highest BCUT2D eigenvalue weighted by Crippen LogP contribution is 2.45. The highest BCUT2D eigenvalue weighted by Gasteiger charge is 2.49. The molecule has 5 nitrogen and oxygen atoms in total. The number of ether oxygens (including phenoxy) is 1. The van der Waals surface area contributed by atoms with Crippen molar-refractivity contribution in [2.24, 2.45) is 10.8 Å². The van der Waals surface area contributed by atoms with Gasteiger partial charge >= 0.3 is 5.97 Å². The first-order chi connectivity index (χ1) is 9.79. The third kappa shape index (κ3) is 3.39. The van der Waals surface area contributed by atoms with Crippen LogP contribution in [0, 0.1) is 10.8 Å². The van der Waals surface area contributed by atoms with Gasteiger partial charge in [-0.2, -0.15) is 0 Å². The number of aliphatic carboxylic acids is 1. The summed E-state index contributed by atoms with van der Waals surface area (Å²) in [6.45, 7) is 4.19. The van der Waals surface area contributed by atoms with E-state index in [0.717, 1.165) is 32.1 Å². The fraction of sp³-hybridized carbons (Fsp3) is 0.875. The van der Waals surface area contributed by atoms with Crippen LogP contribution in [0.5, 0.6) is 0 Å². The van der Waals surface area contributed by atoms with Crippen LogP contribution >= 0.6 is 0 Å². The molecule has 0 spiro atoms. The number of carboxylic acid groups (broad SMARTS) is 1. The Kier molecular flexibility index (Phi) is 4.61. The number of rotatable bonds is 6. The molecule has 0 aliphatic heterocycles. The van der Waals surface area contributed by atoms with E-state index in [4.69, 9.17) is 9.84 Å². The highest BCUT2D eigenvalue weighted by molar-refractivity contribution is 5.78. The van der Waals surface area contributed by atoms with Crippen molar-refractivity contribution in [3.05, 3.63) is 0 Å². The Morgan fingerprint density at radius 2 is 1.86 bits per heavy atom. The molecule has 0 aromatic rings. The van der Waals surface area contributed by atoms with Gasteiger partial charge in [0.2, 0.25) is 5.91 Å². The van der Waals surface area contributed by atoms with Crippen molar-refractivity contribution in [3.8, 4) is 0 Å². The average molecular weight is 297 g/mol. The van der Waals surface area contributed by atoms with Crippen molar-refractivity contribution < 1.29 is 19.4 Å². The quantitative estimate of drug-likeness (QED) is 0.789. The van der Waals surface area contributed by atoms with E-state index in [1.807, 2.05) is 0 Å². The van der Waals surface area contributed by atoms with E-state index in [-0.39, 0.29) is 35.3 Å². The van der Waals surface area contributed by atoms with Gasteiger partial charge < -0.3 is 15.2 Å². The van der Waals surface area contributed by atoms with Gasteiger partial charge in [0, 0.05) is 25.0 Å². The maximum atomic E-state index is 12.3. The number of carbonyl (C=O) groups is 2. The summed E-state index contributed by atoms with van der Waals surface area (Å²) in [5, 5.41) is 12.2. The molecule has 5 heteroatoms. The second kappa shape index (κ2) is 5.95. The lowest BCUT2D eigenvalue weighted by Gasteiger charge is -2.51. The summed E-state index contributed by atoms with van der Waals surface area (Å²) in [5.74, 6) is -0.807. The first kappa shape index (κ1) is 16.3. The number of hydrogen-bond donors (Lipinski definition) is 2. The van der Waals surface area contributed by atoms with Crippen molar-refractivity contribution in [2.75, 3.05) is 7.11 Å². The number of carboxylic acids is 1.